The molecule has 0 aliphatic heterocycles. The summed E-state index contributed by atoms with van der Waals surface area (Å²) in [6.07, 6.45) is 0. The first-order valence-corrected chi connectivity index (χ1v) is 8.02. The SMILES string of the molecule is COc1cccc2nc(N)nc(NC(C)C(C)c3ccccc3)c12. The third-order valence-electron chi connectivity index (χ3n) is 4.36. The molecule has 0 bridgehead atoms. The maximum Gasteiger partial charge on any atom is 0.222 e. The number of methoxy groups -OCH3 is 1. The van der Waals surface area contributed by atoms with Gasteiger partial charge in [-0.15, -0.1) is 0 Å². The summed E-state index contributed by atoms with van der Waals surface area (Å²) in [4.78, 5) is 8.70. The van der Waals surface area contributed by atoms with Gasteiger partial charge in [0, 0.05) is 12.0 Å². The smallest absolute Gasteiger partial charge is 0.222 e. The number of nitrogens with two attached hydrogens (primary N) is 1. The fraction of sp³-hybridized carbons (Fsp3) is 0.263. The highest BCUT2D eigenvalue weighted by Crippen LogP contribution is 2.32. The molecule has 0 aliphatic rings. The Balaban J connectivity index is 1.97. The van der Waals surface area contributed by atoms with Gasteiger partial charge >= 0.3 is 0 Å². The van der Waals surface area contributed by atoms with Crippen LogP contribution in [-0.2, 0) is 0 Å². The minimum absolute atomic E-state index is 0.162. The molecule has 2 aromatic carbocycles. The van der Waals surface area contributed by atoms with Gasteiger partial charge in [-0.3, -0.25) is 0 Å². The highest BCUT2D eigenvalue weighted by atomic mass is 16.5. The Labute approximate surface area is 141 Å². The summed E-state index contributed by atoms with van der Waals surface area (Å²) < 4.78 is 5.47. The van der Waals surface area contributed by atoms with Crippen molar-refractivity contribution < 1.29 is 4.74 Å². The van der Waals surface area contributed by atoms with Gasteiger partial charge in [0.15, 0.2) is 0 Å². The van der Waals surface area contributed by atoms with Crippen LogP contribution in [0.4, 0.5) is 11.8 Å². The number of nitrogens with one attached hydrogen (secondary N) is 1. The van der Waals surface area contributed by atoms with Gasteiger partial charge in [-0.25, -0.2) is 4.98 Å². The van der Waals surface area contributed by atoms with Crippen molar-refractivity contribution in [2.75, 3.05) is 18.2 Å². The zero-order valence-corrected chi connectivity index (χ0v) is 14.2. The summed E-state index contributed by atoms with van der Waals surface area (Å²) in [5.74, 6) is 1.99. The van der Waals surface area contributed by atoms with E-state index in [0.29, 0.717) is 11.7 Å². The van der Waals surface area contributed by atoms with E-state index in [1.807, 2.05) is 24.3 Å². The fourth-order valence-electron chi connectivity index (χ4n) is 2.83. The molecule has 3 rings (SSSR count). The lowest BCUT2D eigenvalue weighted by atomic mass is 9.94. The molecule has 0 saturated carbocycles. The molecule has 0 aliphatic carbocycles. The lowest BCUT2D eigenvalue weighted by molar-refractivity contribution is 0.419. The third-order valence-corrected chi connectivity index (χ3v) is 4.36. The Bertz CT molecular complexity index is 835. The number of hydrogen-bond acceptors (Lipinski definition) is 5. The average molecular weight is 322 g/mol. The number of hydrogen-bond donors (Lipinski definition) is 2. The van der Waals surface area contributed by atoms with E-state index in [9.17, 15) is 0 Å². The molecule has 3 N–H and O–H groups in total. The van der Waals surface area contributed by atoms with Gasteiger partial charge < -0.3 is 15.8 Å². The molecule has 124 valence electrons. The van der Waals surface area contributed by atoms with Crippen molar-refractivity contribution in [1.82, 2.24) is 9.97 Å². The Kier molecular flexibility index (Phi) is 4.51. The van der Waals surface area contributed by atoms with E-state index in [1.165, 1.54) is 5.56 Å². The maximum absolute atomic E-state index is 5.88. The van der Waals surface area contributed by atoms with Crippen LogP contribution in [0.15, 0.2) is 48.5 Å². The molecule has 1 heterocycles. The summed E-state index contributed by atoms with van der Waals surface area (Å²) in [5.41, 5.74) is 7.92. The van der Waals surface area contributed by atoms with E-state index in [-0.39, 0.29) is 12.0 Å². The van der Waals surface area contributed by atoms with Crippen molar-refractivity contribution in [3.05, 3.63) is 54.1 Å². The molecule has 0 fully saturated rings. The molecule has 2 atom stereocenters. The van der Waals surface area contributed by atoms with E-state index in [0.717, 1.165) is 16.7 Å². The molecule has 0 saturated heterocycles. The average Bonchev–Trinajstić information content (AvgIpc) is 2.60. The van der Waals surface area contributed by atoms with Gasteiger partial charge in [-0.2, -0.15) is 4.98 Å². The van der Waals surface area contributed by atoms with Crippen LogP contribution < -0.4 is 15.8 Å². The summed E-state index contributed by atoms with van der Waals surface area (Å²) in [5, 5.41) is 4.34. The molecule has 2 unspecified atom stereocenters. The molecule has 0 spiro atoms. The van der Waals surface area contributed by atoms with Gasteiger partial charge in [0.05, 0.1) is 18.0 Å². The second-order valence-corrected chi connectivity index (χ2v) is 5.92. The Hall–Kier alpha value is -2.82. The van der Waals surface area contributed by atoms with E-state index in [1.54, 1.807) is 7.11 Å². The molecular formula is C19H22N4O. The molecular weight excluding hydrogens is 300 g/mol. The number of fused-ring (bicyclic) bond motifs is 1. The standard InChI is InChI=1S/C19H22N4O/c1-12(14-8-5-4-6-9-14)13(2)21-18-17-15(22-19(20)23-18)10-7-11-16(17)24-3/h4-13H,1-3H3,(H3,20,21,22,23). The second-order valence-electron chi connectivity index (χ2n) is 5.92. The van der Waals surface area contributed by atoms with Crippen LogP contribution in [0.1, 0.15) is 25.3 Å². The quantitative estimate of drug-likeness (QED) is 0.747. The zero-order chi connectivity index (χ0) is 17.1. The largest absolute Gasteiger partial charge is 0.496 e. The van der Waals surface area contributed by atoms with Gasteiger partial charge in [0.1, 0.15) is 11.6 Å². The van der Waals surface area contributed by atoms with Gasteiger partial charge in [0.2, 0.25) is 5.95 Å². The number of benzene rings is 2. The first-order chi connectivity index (χ1) is 11.6. The van der Waals surface area contributed by atoms with Crippen LogP contribution in [-0.4, -0.2) is 23.1 Å². The number of anilines is 2. The van der Waals surface area contributed by atoms with Crippen LogP contribution in [0, 0.1) is 0 Å². The summed E-state index contributed by atoms with van der Waals surface area (Å²) in [6, 6.07) is 16.3. The van der Waals surface area contributed by atoms with Crippen molar-refractivity contribution in [3.63, 3.8) is 0 Å². The predicted octanol–water partition coefficient (Wildman–Crippen LogP) is 3.82. The van der Waals surface area contributed by atoms with Crippen LogP contribution in [0.5, 0.6) is 5.75 Å². The van der Waals surface area contributed by atoms with Crippen LogP contribution in [0.2, 0.25) is 0 Å². The highest BCUT2D eigenvalue weighted by molar-refractivity contribution is 5.95. The highest BCUT2D eigenvalue weighted by Gasteiger charge is 2.18. The molecule has 0 amide bonds. The Morgan fingerprint density at radius 1 is 1.00 bits per heavy atom. The minimum Gasteiger partial charge on any atom is -0.496 e. The molecule has 0 radical (unpaired) electrons. The van der Waals surface area contributed by atoms with Crippen molar-refractivity contribution in [1.29, 1.82) is 0 Å². The molecule has 5 heteroatoms. The number of nitrogen functional groups attached to an aromatic ring is 1. The number of aromatic nitrogens is 2. The third kappa shape index (κ3) is 3.11. The van der Waals surface area contributed by atoms with E-state index >= 15 is 0 Å². The molecule has 1 aromatic heterocycles. The first kappa shape index (κ1) is 16.1. The van der Waals surface area contributed by atoms with Crippen LogP contribution in [0.3, 0.4) is 0 Å². The summed E-state index contributed by atoms with van der Waals surface area (Å²) in [7, 11) is 1.64. The van der Waals surface area contributed by atoms with Crippen molar-refractivity contribution >= 4 is 22.7 Å². The van der Waals surface area contributed by atoms with Gasteiger partial charge in [0.25, 0.3) is 0 Å². The predicted molar refractivity (Wildman–Crippen MR) is 98.4 cm³/mol. The summed E-state index contributed by atoms with van der Waals surface area (Å²) in [6.45, 7) is 4.33. The normalized spacial score (nSPS) is 13.5. The molecule has 3 aromatic rings. The lowest BCUT2D eigenvalue weighted by Crippen LogP contribution is -2.23. The monoisotopic (exact) mass is 322 g/mol. The number of ether oxygens (including phenoxy) is 1. The Morgan fingerprint density at radius 3 is 2.46 bits per heavy atom. The lowest BCUT2D eigenvalue weighted by Gasteiger charge is -2.23. The first-order valence-electron chi connectivity index (χ1n) is 8.02. The van der Waals surface area contributed by atoms with Crippen molar-refractivity contribution in [3.8, 4) is 5.75 Å². The maximum atomic E-state index is 5.88. The fourth-order valence-corrected chi connectivity index (χ4v) is 2.83. The summed E-state index contributed by atoms with van der Waals surface area (Å²) >= 11 is 0. The molecule has 24 heavy (non-hydrogen) atoms. The van der Waals surface area contributed by atoms with E-state index < -0.39 is 0 Å². The van der Waals surface area contributed by atoms with Crippen molar-refractivity contribution in [2.24, 2.45) is 0 Å². The molecule has 5 nitrogen and oxygen atoms in total. The second kappa shape index (κ2) is 6.74. The number of rotatable bonds is 5. The van der Waals surface area contributed by atoms with E-state index in [4.69, 9.17) is 10.5 Å². The van der Waals surface area contributed by atoms with Crippen molar-refractivity contribution in [2.45, 2.75) is 25.8 Å². The van der Waals surface area contributed by atoms with Crippen LogP contribution in [0.25, 0.3) is 10.9 Å². The minimum atomic E-state index is 0.162. The topological polar surface area (TPSA) is 73.1 Å². The van der Waals surface area contributed by atoms with Gasteiger partial charge in [-0.05, 0) is 24.6 Å². The zero-order valence-electron chi connectivity index (χ0n) is 14.2. The van der Waals surface area contributed by atoms with E-state index in [2.05, 4.69) is 53.4 Å². The van der Waals surface area contributed by atoms with Gasteiger partial charge in [-0.1, -0.05) is 43.3 Å². The van der Waals surface area contributed by atoms with Crippen LogP contribution >= 0.6 is 0 Å². The Morgan fingerprint density at radius 2 is 1.75 bits per heavy atom. The number of nitrogens with zero attached hydrogens (tertiary/aromatic N) is 2.